The zero-order chi connectivity index (χ0) is 14.8. The number of likely N-dealkylation sites (N-methyl/N-ethyl adjacent to an activating group) is 2. The number of nitrogens with one attached hydrogen (secondary N) is 1. The molecule has 1 N–H and O–H groups in total. The van der Waals surface area contributed by atoms with Gasteiger partial charge >= 0.3 is 6.18 Å². The van der Waals surface area contributed by atoms with E-state index in [1.54, 1.807) is 0 Å². The maximum atomic E-state index is 12.8. The molecule has 2 rings (SSSR count). The average Bonchev–Trinajstić information content (AvgIpc) is 2.39. The molecule has 1 saturated carbocycles. The molecule has 3 atom stereocenters. The van der Waals surface area contributed by atoms with E-state index >= 15 is 0 Å². The molecule has 2 fully saturated rings. The molecular weight excluding hydrogens is 267 g/mol. The third kappa shape index (κ3) is 4.33. The van der Waals surface area contributed by atoms with Crippen LogP contribution in [0.25, 0.3) is 0 Å². The smallest absolute Gasteiger partial charge is 0.312 e. The number of hydrogen-bond acceptors (Lipinski definition) is 3. The van der Waals surface area contributed by atoms with Crippen molar-refractivity contribution in [2.45, 2.75) is 43.9 Å². The molecule has 0 aromatic rings. The summed E-state index contributed by atoms with van der Waals surface area (Å²) in [6.07, 6.45) is -1.92. The highest BCUT2D eigenvalue weighted by atomic mass is 19.4. The standard InChI is InChI=1S/C14H26F3N3/c1-19-6-7-20(2)13(10-19)9-18-12-5-3-4-11(8-12)14(15,16)17/h11-13,18H,3-10H2,1-2H3. The summed E-state index contributed by atoms with van der Waals surface area (Å²) in [7, 11) is 4.19. The largest absolute Gasteiger partial charge is 0.391 e. The first-order valence-electron chi connectivity index (χ1n) is 7.55. The fraction of sp³-hybridized carbons (Fsp3) is 1.00. The number of nitrogens with zero attached hydrogens (tertiary/aromatic N) is 2. The van der Waals surface area contributed by atoms with Gasteiger partial charge in [-0.15, -0.1) is 0 Å². The number of hydrogen-bond donors (Lipinski definition) is 1. The second-order valence-electron chi connectivity index (χ2n) is 6.41. The van der Waals surface area contributed by atoms with E-state index in [9.17, 15) is 13.2 Å². The first-order valence-corrected chi connectivity index (χ1v) is 7.55. The van der Waals surface area contributed by atoms with Gasteiger partial charge in [-0.1, -0.05) is 6.42 Å². The van der Waals surface area contributed by atoms with Crippen LogP contribution < -0.4 is 5.32 Å². The second-order valence-corrected chi connectivity index (χ2v) is 6.41. The van der Waals surface area contributed by atoms with E-state index in [4.69, 9.17) is 0 Å². The lowest BCUT2D eigenvalue weighted by Gasteiger charge is -2.39. The second kappa shape index (κ2) is 6.62. The van der Waals surface area contributed by atoms with Gasteiger partial charge < -0.3 is 10.2 Å². The molecule has 0 aromatic carbocycles. The number of piperazine rings is 1. The summed E-state index contributed by atoms with van der Waals surface area (Å²) in [6.45, 7) is 3.86. The third-order valence-electron chi connectivity index (χ3n) is 4.76. The molecule has 3 nitrogen and oxygen atoms in total. The van der Waals surface area contributed by atoms with Gasteiger partial charge in [-0.25, -0.2) is 0 Å². The Morgan fingerprint density at radius 3 is 2.60 bits per heavy atom. The molecule has 1 aliphatic carbocycles. The van der Waals surface area contributed by atoms with E-state index in [1.807, 2.05) is 0 Å². The Hall–Kier alpha value is -0.330. The van der Waals surface area contributed by atoms with Crippen LogP contribution >= 0.6 is 0 Å². The van der Waals surface area contributed by atoms with E-state index in [2.05, 4.69) is 29.2 Å². The van der Waals surface area contributed by atoms with Crippen molar-refractivity contribution >= 4 is 0 Å². The fourth-order valence-electron chi connectivity index (χ4n) is 3.30. The molecule has 118 valence electrons. The molecule has 20 heavy (non-hydrogen) atoms. The lowest BCUT2D eigenvalue weighted by atomic mass is 9.85. The van der Waals surface area contributed by atoms with Crippen LogP contribution in [0.1, 0.15) is 25.7 Å². The zero-order valence-corrected chi connectivity index (χ0v) is 12.4. The Labute approximate surface area is 119 Å². The Morgan fingerprint density at radius 1 is 1.15 bits per heavy atom. The summed E-state index contributed by atoms with van der Waals surface area (Å²) < 4.78 is 38.3. The van der Waals surface area contributed by atoms with Crippen LogP contribution in [0.5, 0.6) is 0 Å². The summed E-state index contributed by atoms with van der Waals surface area (Å²) in [5, 5.41) is 3.38. The molecule has 1 saturated heterocycles. The molecule has 6 heteroatoms. The normalized spacial score (nSPS) is 34.4. The van der Waals surface area contributed by atoms with Gasteiger partial charge in [0.15, 0.2) is 0 Å². The van der Waals surface area contributed by atoms with Crippen LogP contribution in [0.2, 0.25) is 0 Å². The van der Waals surface area contributed by atoms with Gasteiger partial charge in [-0.2, -0.15) is 13.2 Å². The minimum atomic E-state index is -4.03. The van der Waals surface area contributed by atoms with Crippen LogP contribution in [0.3, 0.4) is 0 Å². The van der Waals surface area contributed by atoms with E-state index in [0.717, 1.165) is 32.6 Å². The highest BCUT2D eigenvalue weighted by Crippen LogP contribution is 2.37. The van der Waals surface area contributed by atoms with Gasteiger partial charge in [0.05, 0.1) is 5.92 Å². The van der Waals surface area contributed by atoms with Crippen molar-refractivity contribution < 1.29 is 13.2 Å². The predicted molar refractivity (Wildman–Crippen MR) is 73.7 cm³/mol. The quantitative estimate of drug-likeness (QED) is 0.858. The Balaban J connectivity index is 1.78. The number of alkyl halides is 3. The highest BCUT2D eigenvalue weighted by Gasteiger charge is 2.42. The molecule has 0 spiro atoms. The minimum absolute atomic E-state index is 0.0241. The van der Waals surface area contributed by atoms with Crippen molar-refractivity contribution in [3.63, 3.8) is 0 Å². The van der Waals surface area contributed by atoms with Crippen molar-refractivity contribution in [1.29, 1.82) is 0 Å². The first-order chi connectivity index (χ1) is 9.36. The summed E-state index contributed by atoms with van der Waals surface area (Å²) in [6, 6.07) is 0.427. The van der Waals surface area contributed by atoms with Gasteiger partial charge in [0.2, 0.25) is 0 Å². The van der Waals surface area contributed by atoms with Gasteiger partial charge in [0.25, 0.3) is 0 Å². The molecule has 2 aliphatic rings. The topological polar surface area (TPSA) is 18.5 Å². The van der Waals surface area contributed by atoms with Crippen molar-refractivity contribution in [2.75, 3.05) is 40.3 Å². The maximum Gasteiger partial charge on any atom is 0.391 e. The Morgan fingerprint density at radius 2 is 1.90 bits per heavy atom. The lowest BCUT2D eigenvalue weighted by molar-refractivity contribution is -0.183. The van der Waals surface area contributed by atoms with E-state index in [0.29, 0.717) is 18.9 Å². The molecule has 3 unspecified atom stereocenters. The minimum Gasteiger partial charge on any atom is -0.312 e. The molecule has 0 bridgehead atoms. The van der Waals surface area contributed by atoms with Crippen LogP contribution in [0.4, 0.5) is 13.2 Å². The van der Waals surface area contributed by atoms with Crippen LogP contribution in [-0.4, -0.2) is 68.3 Å². The van der Waals surface area contributed by atoms with Crippen molar-refractivity contribution in [3.8, 4) is 0 Å². The van der Waals surface area contributed by atoms with Gasteiger partial charge in [0, 0.05) is 38.3 Å². The van der Waals surface area contributed by atoms with Crippen molar-refractivity contribution in [3.05, 3.63) is 0 Å². The van der Waals surface area contributed by atoms with E-state index in [1.165, 1.54) is 0 Å². The van der Waals surface area contributed by atoms with E-state index in [-0.39, 0.29) is 12.5 Å². The Kier molecular flexibility index (Phi) is 5.31. The molecule has 1 heterocycles. The van der Waals surface area contributed by atoms with Crippen LogP contribution in [0, 0.1) is 5.92 Å². The van der Waals surface area contributed by atoms with Crippen LogP contribution in [-0.2, 0) is 0 Å². The first kappa shape index (κ1) is 16.0. The predicted octanol–water partition coefficient (Wildman–Crippen LogP) is 1.94. The van der Waals surface area contributed by atoms with Gasteiger partial charge in [-0.05, 0) is 33.4 Å². The molecule has 0 amide bonds. The summed E-state index contributed by atoms with van der Waals surface area (Å²) in [5.41, 5.74) is 0. The molecular formula is C14H26F3N3. The van der Waals surface area contributed by atoms with E-state index < -0.39 is 12.1 Å². The van der Waals surface area contributed by atoms with Gasteiger partial charge in [-0.3, -0.25) is 4.90 Å². The summed E-state index contributed by atoms with van der Waals surface area (Å²) >= 11 is 0. The SMILES string of the molecule is CN1CCN(C)C(CNC2CCCC(C(F)(F)F)C2)C1. The highest BCUT2D eigenvalue weighted by molar-refractivity contribution is 4.85. The molecule has 0 aromatic heterocycles. The fourth-order valence-corrected chi connectivity index (χ4v) is 3.30. The van der Waals surface area contributed by atoms with Crippen molar-refractivity contribution in [1.82, 2.24) is 15.1 Å². The average molecular weight is 293 g/mol. The monoisotopic (exact) mass is 293 g/mol. The maximum absolute atomic E-state index is 12.8. The van der Waals surface area contributed by atoms with Crippen LogP contribution in [0.15, 0.2) is 0 Å². The zero-order valence-electron chi connectivity index (χ0n) is 12.4. The van der Waals surface area contributed by atoms with Crippen molar-refractivity contribution in [2.24, 2.45) is 5.92 Å². The lowest BCUT2D eigenvalue weighted by Crippen LogP contribution is -2.55. The summed E-state index contributed by atoms with van der Waals surface area (Å²) in [5.74, 6) is -1.11. The molecule has 0 radical (unpaired) electrons. The number of rotatable bonds is 3. The molecule has 1 aliphatic heterocycles. The Bertz CT molecular complexity index is 309. The number of halogens is 3. The third-order valence-corrected chi connectivity index (χ3v) is 4.76. The summed E-state index contributed by atoms with van der Waals surface area (Å²) in [4.78, 5) is 4.59. The van der Waals surface area contributed by atoms with Gasteiger partial charge in [0.1, 0.15) is 0 Å².